The summed E-state index contributed by atoms with van der Waals surface area (Å²) in [7, 11) is -2.14. The molecule has 0 unspecified atom stereocenters. The standard InChI is InChI=1S/C16H19N3O3S2/c1-3-23-15-10-13(7-8-18-15)16(20)19-11-12-5-4-6-14(9-12)24(21,22)17-2/h4-10,17H,3,11H2,1-2H3,(H,19,20). The second-order valence-corrected chi connectivity index (χ2v) is 8.02. The number of benzene rings is 1. The van der Waals surface area contributed by atoms with Crippen LogP contribution in [0.25, 0.3) is 0 Å². The van der Waals surface area contributed by atoms with Crippen molar-refractivity contribution >= 4 is 27.7 Å². The monoisotopic (exact) mass is 365 g/mol. The smallest absolute Gasteiger partial charge is 0.251 e. The zero-order valence-corrected chi connectivity index (χ0v) is 15.1. The van der Waals surface area contributed by atoms with Crippen LogP contribution >= 0.6 is 11.8 Å². The van der Waals surface area contributed by atoms with Crippen LogP contribution in [-0.2, 0) is 16.6 Å². The number of nitrogens with zero attached hydrogens (tertiary/aromatic N) is 1. The number of carbonyl (C=O) groups excluding carboxylic acids is 1. The Labute approximate surface area is 146 Å². The highest BCUT2D eigenvalue weighted by Gasteiger charge is 2.12. The number of sulfonamides is 1. The van der Waals surface area contributed by atoms with Crippen LogP contribution in [0.1, 0.15) is 22.8 Å². The van der Waals surface area contributed by atoms with Crippen molar-refractivity contribution in [2.24, 2.45) is 0 Å². The molecule has 128 valence electrons. The molecule has 1 aromatic carbocycles. The van der Waals surface area contributed by atoms with Crippen LogP contribution in [0.5, 0.6) is 0 Å². The van der Waals surface area contributed by atoms with Gasteiger partial charge in [0, 0.05) is 18.3 Å². The maximum Gasteiger partial charge on any atom is 0.251 e. The van der Waals surface area contributed by atoms with Gasteiger partial charge in [0.05, 0.1) is 9.92 Å². The summed E-state index contributed by atoms with van der Waals surface area (Å²) in [5.41, 5.74) is 1.23. The fraction of sp³-hybridized carbons (Fsp3) is 0.250. The third kappa shape index (κ3) is 4.80. The lowest BCUT2D eigenvalue weighted by Crippen LogP contribution is -2.23. The van der Waals surface area contributed by atoms with Crippen molar-refractivity contribution in [1.29, 1.82) is 0 Å². The van der Waals surface area contributed by atoms with Gasteiger partial charge in [-0.15, -0.1) is 11.8 Å². The predicted molar refractivity (Wildman–Crippen MR) is 94.5 cm³/mol. The highest BCUT2D eigenvalue weighted by Crippen LogP contribution is 2.16. The Hall–Kier alpha value is -1.90. The summed E-state index contributed by atoms with van der Waals surface area (Å²) in [5.74, 6) is 0.655. The number of rotatable bonds is 7. The number of aromatic nitrogens is 1. The van der Waals surface area contributed by atoms with Crippen LogP contribution in [0.15, 0.2) is 52.5 Å². The summed E-state index contributed by atoms with van der Waals surface area (Å²) in [4.78, 5) is 16.6. The molecule has 1 heterocycles. The van der Waals surface area contributed by atoms with Crippen molar-refractivity contribution in [2.75, 3.05) is 12.8 Å². The molecule has 0 saturated heterocycles. The van der Waals surface area contributed by atoms with Crippen LogP contribution in [-0.4, -0.2) is 32.1 Å². The average Bonchev–Trinajstić information content (AvgIpc) is 2.60. The fourth-order valence-corrected chi connectivity index (χ4v) is 3.44. The second kappa shape index (κ2) is 8.27. The highest BCUT2D eigenvalue weighted by atomic mass is 32.2. The molecule has 0 radical (unpaired) electrons. The van der Waals surface area contributed by atoms with Crippen molar-refractivity contribution in [2.45, 2.75) is 23.4 Å². The molecule has 2 aromatic rings. The first-order valence-corrected chi connectivity index (χ1v) is 9.82. The van der Waals surface area contributed by atoms with Gasteiger partial charge in [0.25, 0.3) is 5.91 Å². The first kappa shape index (κ1) is 18.4. The highest BCUT2D eigenvalue weighted by molar-refractivity contribution is 7.99. The van der Waals surface area contributed by atoms with E-state index in [0.717, 1.165) is 10.8 Å². The SMILES string of the molecule is CCSc1cc(C(=O)NCc2cccc(S(=O)(=O)NC)c2)ccn1. The first-order chi connectivity index (χ1) is 11.5. The van der Waals surface area contributed by atoms with Crippen LogP contribution in [0.3, 0.4) is 0 Å². The molecule has 0 aliphatic carbocycles. The van der Waals surface area contributed by atoms with Gasteiger partial charge in [0.1, 0.15) is 0 Å². The molecular formula is C16H19N3O3S2. The summed E-state index contributed by atoms with van der Waals surface area (Å²) in [6, 6.07) is 9.85. The average molecular weight is 365 g/mol. The Morgan fingerprint density at radius 3 is 2.75 bits per heavy atom. The number of pyridine rings is 1. The van der Waals surface area contributed by atoms with E-state index in [-0.39, 0.29) is 17.3 Å². The van der Waals surface area contributed by atoms with Crippen molar-refractivity contribution in [3.63, 3.8) is 0 Å². The zero-order valence-electron chi connectivity index (χ0n) is 13.4. The number of amides is 1. The van der Waals surface area contributed by atoms with E-state index in [1.165, 1.54) is 19.2 Å². The summed E-state index contributed by atoms with van der Waals surface area (Å²) < 4.78 is 25.9. The molecular weight excluding hydrogens is 346 g/mol. The lowest BCUT2D eigenvalue weighted by molar-refractivity contribution is 0.0950. The van der Waals surface area contributed by atoms with Crippen molar-refractivity contribution in [1.82, 2.24) is 15.0 Å². The molecule has 2 N–H and O–H groups in total. The van der Waals surface area contributed by atoms with Crippen LogP contribution < -0.4 is 10.0 Å². The van der Waals surface area contributed by atoms with E-state index in [4.69, 9.17) is 0 Å². The molecule has 0 saturated carbocycles. The minimum absolute atomic E-state index is 0.169. The molecule has 0 aliphatic rings. The molecule has 0 atom stereocenters. The van der Waals surface area contributed by atoms with Crippen LogP contribution in [0.2, 0.25) is 0 Å². The summed E-state index contributed by atoms with van der Waals surface area (Å²) in [6.07, 6.45) is 1.60. The molecule has 0 fully saturated rings. The van der Waals surface area contributed by atoms with E-state index in [1.54, 1.807) is 42.2 Å². The first-order valence-electron chi connectivity index (χ1n) is 7.36. The van der Waals surface area contributed by atoms with Gasteiger partial charge in [-0.25, -0.2) is 18.1 Å². The lowest BCUT2D eigenvalue weighted by Gasteiger charge is -2.08. The maximum atomic E-state index is 12.2. The Morgan fingerprint density at radius 2 is 2.04 bits per heavy atom. The van der Waals surface area contributed by atoms with Gasteiger partial charge in [0.2, 0.25) is 10.0 Å². The van der Waals surface area contributed by atoms with Crippen molar-refractivity contribution < 1.29 is 13.2 Å². The Bertz CT molecular complexity index is 823. The summed E-state index contributed by atoms with van der Waals surface area (Å²) in [5, 5.41) is 3.59. The van der Waals surface area contributed by atoms with E-state index >= 15 is 0 Å². The number of carbonyl (C=O) groups is 1. The third-order valence-corrected chi connectivity index (χ3v) is 5.44. The predicted octanol–water partition coefficient (Wildman–Crippen LogP) is 2.03. The van der Waals surface area contributed by atoms with Gasteiger partial charge in [-0.3, -0.25) is 4.79 Å². The zero-order chi connectivity index (χ0) is 17.6. The van der Waals surface area contributed by atoms with Crippen molar-refractivity contribution in [3.05, 3.63) is 53.7 Å². The molecule has 0 bridgehead atoms. The lowest BCUT2D eigenvalue weighted by atomic mass is 10.2. The Kier molecular flexibility index (Phi) is 6.36. The van der Waals surface area contributed by atoms with E-state index in [2.05, 4.69) is 15.0 Å². The quantitative estimate of drug-likeness (QED) is 0.733. The molecule has 0 spiro atoms. The number of hydrogen-bond donors (Lipinski definition) is 2. The molecule has 24 heavy (non-hydrogen) atoms. The van der Waals surface area contributed by atoms with Gasteiger partial charge >= 0.3 is 0 Å². The molecule has 0 aliphatic heterocycles. The Morgan fingerprint density at radius 1 is 1.25 bits per heavy atom. The second-order valence-electron chi connectivity index (χ2n) is 4.85. The maximum absolute atomic E-state index is 12.2. The molecule has 1 amide bonds. The van der Waals surface area contributed by atoms with E-state index in [0.29, 0.717) is 11.1 Å². The molecule has 8 heteroatoms. The van der Waals surface area contributed by atoms with Crippen LogP contribution in [0.4, 0.5) is 0 Å². The van der Waals surface area contributed by atoms with Gasteiger partial charge in [-0.2, -0.15) is 0 Å². The molecule has 1 aromatic heterocycles. The third-order valence-electron chi connectivity index (χ3n) is 3.22. The number of nitrogens with one attached hydrogen (secondary N) is 2. The van der Waals surface area contributed by atoms with Gasteiger partial charge < -0.3 is 5.32 Å². The summed E-state index contributed by atoms with van der Waals surface area (Å²) >= 11 is 1.56. The largest absolute Gasteiger partial charge is 0.348 e. The number of hydrogen-bond acceptors (Lipinski definition) is 5. The van der Waals surface area contributed by atoms with Crippen LogP contribution in [0, 0.1) is 0 Å². The topological polar surface area (TPSA) is 88.2 Å². The van der Waals surface area contributed by atoms with E-state index in [1.807, 2.05) is 6.92 Å². The van der Waals surface area contributed by atoms with Gasteiger partial charge in [-0.05, 0) is 42.6 Å². The van der Waals surface area contributed by atoms with Gasteiger partial charge in [0.15, 0.2) is 0 Å². The summed E-state index contributed by atoms with van der Waals surface area (Å²) in [6.45, 7) is 2.26. The molecule has 6 nitrogen and oxygen atoms in total. The Balaban J connectivity index is 2.07. The van der Waals surface area contributed by atoms with Gasteiger partial charge in [-0.1, -0.05) is 19.1 Å². The normalized spacial score (nSPS) is 11.2. The molecule has 2 rings (SSSR count). The minimum Gasteiger partial charge on any atom is -0.348 e. The van der Waals surface area contributed by atoms with E-state index in [9.17, 15) is 13.2 Å². The number of thioether (sulfide) groups is 1. The van der Waals surface area contributed by atoms with E-state index < -0.39 is 10.0 Å². The van der Waals surface area contributed by atoms with Crippen molar-refractivity contribution in [3.8, 4) is 0 Å². The fourth-order valence-electron chi connectivity index (χ4n) is 2.00. The minimum atomic E-state index is -3.50.